The van der Waals surface area contributed by atoms with E-state index >= 15 is 0 Å². The minimum atomic E-state index is 0.0944. The topological polar surface area (TPSA) is 38.8 Å². The lowest BCUT2D eigenvalue weighted by atomic mass is 10.0. The van der Waals surface area contributed by atoms with Crippen LogP contribution in [0.2, 0.25) is 0 Å². The van der Waals surface area contributed by atoms with Crippen molar-refractivity contribution < 1.29 is 4.79 Å². The summed E-state index contributed by atoms with van der Waals surface area (Å²) < 4.78 is 0. The first kappa shape index (κ1) is 17.2. The number of carbonyl (C=O) groups excluding carboxylic acids is 1. The van der Waals surface area contributed by atoms with E-state index in [9.17, 15) is 4.79 Å². The Kier molecular flexibility index (Phi) is 5.60. The fourth-order valence-corrected chi connectivity index (χ4v) is 4.02. The van der Waals surface area contributed by atoms with E-state index in [0.717, 1.165) is 19.5 Å². The van der Waals surface area contributed by atoms with Crippen LogP contribution in [0, 0.1) is 5.41 Å². The first-order valence-corrected chi connectivity index (χ1v) is 9.47. The summed E-state index contributed by atoms with van der Waals surface area (Å²) in [5.74, 6) is 0.263. The van der Waals surface area contributed by atoms with E-state index in [-0.39, 0.29) is 11.9 Å². The number of nitrogens with one attached hydrogen (secondary N) is 1. The lowest BCUT2D eigenvalue weighted by molar-refractivity contribution is -0.126. The molecule has 0 aromatic heterocycles. The zero-order valence-corrected chi connectivity index (χ0v) is 15.0. The van der Waals surface area contributed by atoms with Crippen LogP contribution in [0.15, 0.2) is 0 Å². The van der Waals surface area contributed by atoms with Crippen molar-refractivity contribution in [3.05, 3.63) is 0 Å². The van der Waals surface area contributed by atoms with Gasteiger partial charge in [-0.25, -0.2) is 0 Å². The Morgan fingerprint density at radius 3 is 2.48 bits per heavy atom. The third-order valence-corrected chi connectivity index (χ3v) is 6.07. The summed E-state index contributed by atoms with van der Waals surface area (Å²) in [6, 6.07) is 0.0944. The number of hydrogen-bond acceptors (Lipinski definition) is 4. The minimum Gasteiger partial charge on any atom is -0.354 e. The molecule has 0 bridgehead atoms. The van der Waals surface area contributed by atoms with Gasteiger partial charge >= 0.3 is 0 Å². The third kappa shape index (κ3) is 4.68. The van der Waals surface area contributed by atoms with Crippen molar-refractivity contribution >= 4 is 5.91 Å². The maximum atomic E-state index is 12.6. The van der Waals surface area contributed by atoms with Gasteiger partial charge in [0.05, 0.1) is 6.04 Å². The van der Waals surface area contributed by atoms with Gasteiger partial charge in [-0.2, -0.15) is 0 Å². The molecule has 2 aliphatic heterocycles. The summed E-state index contributed by atoms with van der Waals surface area (Å²) in [6.07, 6.45) is 7.26. The number of likely N-dealkylation sites (N-methyl/N-ethyl adjacent to an activating group) is 2. The Morgan fingerprint density at radius 1 is 1.04 bits per heavy atom. The lowest BCUT2D eigenvalue weighted by Crippen LogP contribution is -2.49. The molecule has 1 unspecified atom stereocenters. The summed E-state index contributed by atoms with van der Waals surface area (Å²) in [6.45, 7) is 7.81. The van der Waals surface area contributed by atoms with E-state index in [1.54, 1.807) is 0 Å². The fourth-order valence-electron chi connectivity index (χ4n) is 4.02. The number of likely N-dealkylation sites (tertiary alicyclic amines) is 1. The number of hydrogen-bond donors (Lipinski definition) is 1. The Hall–Kier alpha value is -0.650. The molecule has 1 saturated carbocycles. The van der Waals surface area contributed by atoms with Crippen LogP contribution in [-0.2, 0) is 4.79 Å². The van der Waals surface area contributed by atoms with E-state index in [4.69, 9.17) is 0 Å². The number of piperazine rings is 1. The molecule has 1 atom stereocenters. The SMILES string of the molecule is CN1CCN(CC2(CNC(=O)C3CCCCCN3C)CC2)CC1. The zero-order chi connectivity index (χ0) is 16.3. The highest BCUT2D eigenvalue weighted by Gasteiger charge is 2.44. The van der Waals surface area contributed by atoms with Crippen LogP contribution in [0.3, 0.4) is 0 Å². The van der Waals surface area contributed by atoms with Gasteiger partial charge in [0.1, 0.15) is 0 Å². The molecule has 3 fully saturated rings. The molecule has 5 nitrogen and oxygen atoms in total. The van der Waals surface area contributed by atoms with Crippen LogP contribution in [0.25, 0.3) is 0 Å². The molecule has 0 aromatic rings. The van der Waals surface area contributed by atoms with Crippen molar-refractivity contribution in [1.29, 1.82) is 0 Å². The number of nitrogens with zero attached hydrogens (tertiary/aromatic N) is 3. The van der Waals surface area contributed by atoms with Crippen LogP contribution in [0.5, 0.6) is 0 Å². The van der Waals surface area contributed by atoms with Crippen molar-refractivity contribution in [1.82, 2.24) is 20.0 Å². The quantitative estimate of drug-likeness (QED) is 0.820. The van der Waals surface area contributed by atoms with Crippen molar-refractivity contribution in [2.24, 2.45) is 5.41 Å². The predicted molar refractivity (Wildman–Crippen MR) is 93.5 cm³/mol. The van der Waals surface area contributed by atoms with Gasteiger partial charge in [0, 0.05) is 44.7 Å². The predicted octanol–water partition coefficient (Wildman–Crippen LogP) is 1.00. The van der Waals surface area contributed by atoms with E-state index in [1.807, 2.05) is 0 Å². The summed E-state index contributed by atoms with van der Waals surface area (Å²) >= 11 is 0. The summed E-state index contributed by atoms with van der Waals surface area (Å²) in [5.41, 5.74) is 0.370. The molecule has 0 radical (unpaired) electrons. The summed E-state index contributed by atoms with van der Waals surface area (Å²) in [4.78, 5) is 19.8. The van der Waals surface area contributed by atoms with Gasteiger partial charge in [0.25, 0.3) is 0 Å². The van der Waals surface area contributed by atoms with Crippen molar-refractivity contribution in [3.63, 3.8) is 0 Å². The number of rotatable bonds is 5. The average molecular weight is 322 g/mol. The second kappa shape index (κ2) is 7.49. The highest BCUT2D eigenvalue weighted by molar-refractivity contribution is 5.81. The summed E-state index contributed by atoms with van der Waals surface area (Å²) in [5, 5.41) is 3.29. The average Bonchev–Trinajstić information content (AvgIpc) is 3.33. The Balaban J connectivity index is 1.44. The van der Waals surface area contributed by atoms with Gasteiger partial charge in [0.2, 0.25) is 5.91 Å². The molecule has 1 amide bonds. The Labute approximate surface area is 141 Å². The first-order chi connectivity index (χ1) is 11.1. The molecule has 2 heterocycles. The van der Waals surface area contributed by atoms with Gasteiger partial charge in [-0.15, -0.1) is 0 Å². The molecule has 0 aromatic carbocycles. The molecule has 0 spiro atoms. The Bertz CT molecular complexity index is 402. The van der Waals surface area contributed by atoms with Crippen LogP contribution >= 0.6 is 0 Å². The van der Waals surface area contributed by atoms with E-state index in [2.05, 4.69) is 34.1 Å². The second-order valence-corrected chi connectivity index (χ2v) is 8.14. The van der Waals surface area contributed by atoms with Gasteiger partial charge in [-0.05, 0) is 46.3 Å². The molecule has 5 heteroatoms. The fraction of sp³-hybridized carbons (Fsp3) is 0.944. The highest BCUT2D eigenvalue weighted by atomic mass is 16.2. The van der Waals surface area contributed by atoms with Crippen LogP contribution in [-0.4, -0.2) is 86.6 Å². The van der Waals surface area contributed by atoms with E-state index in [1.165, 1.54) is 64.8 Å². The van der Waals surface area contributed by atoms with Crippen molar-refractivity contribution in [3.8, 4) is 0 Å². The second-order valence-electron chi connectivity index (χ2n) is 8.14. The number of carbonyl (C=O) groups is 1. The molecule has 1 N–H and O–H groups in total. The summed E-state index contributed by atoms with van der Waals surface area (Å²) in [7, 11) is 4.31. The standard InChI is InChI=1S/C18H34N4O/c1-20-10-12-22(13-11-20)15-18(7-8-18)14-19-17(23)16-6-4-3-5-9-21(16)2/h16H,3-15H2,1-2H3,(H,19,23). The van der Waals surface area contributed by atoms with Gasteiger partial charge < -0.3 is 15.1 Å². The van der Waals surface area contributed by atoms with Crippen LogP contribution < -0.4 is 5.32 Å². The van der Waals surface area contributed by atoms with Crippen LogP contribution in [0.4, 0.5) is 0 Å². The normalized spacial score (nSPS) is 29.9. The molecule has 2 saturated heterocycles. The maximum absolute atomic E-state index is 12.6. The number of amides is 1. The molecule has 23 heavy (non-hydrogen) atoms. The van der Waals surface area contributed by atoms with Crippen LogP contribution in [0.1, 0.15) is 38.5 Å². The van der Waals surface area contributed by atoms with E-state index in [0.29, 0.717) is 5.41 Å². The van der Waals surface area contributed by atoms with Gasteiger partial charge in [0.15, 0.2) is 0 Å². The van der Waals surface area contributed by atoms with Crippen molar-refractivity contribution in [2.45, 2.75) is 44.6 Å². The van der Waals surface area contributed by atoms with Crippen molar-refractivity contribution in [2.75, 3.05) is 59.9 Å². The minimum absolute atomic E-state index is 0.0944. The molecule has 3 rings (SSSR count). The first-order valence-electron chi connectivity index (χ1n) is 9.47. The zero-order valence-electron chi connectivity index (χ0n) is 15.0. The maximum Gasteiger partial charge on any atom is 0.237 e. The van der Waals surface area contributed by atoms with E-state index < -0.39 is 0 Å². The lowest BCUT2D eigenvalue weighted by Gasteiger charge is -2.35. The molecule has 3 aliphatic rings. The van der Waals surface area contributed by atoms with Gasteiger partial charge in [-0.1, -0.05) is 12.8 Å². The Morgan fingerprint density at radius 2 is 1.78 bits per heavy atom. The third-order valence-electron chi connectivity index (χ3n) is 6.07. The molecule has 132 valence electrons. The monoisotopic (exact) mass is 322 g/mol. The largest absolute Gasteiger partial charge is 0.354 e. The molecule has 1 aliphatic carbocycles. The highest BCUT2D eigenvalue weighted by Crippen LogP contribution is 2.45. The smallest absolute Gasteiger partial charge is 0.237 e. The molecular formula is C18H34N4O. The molecular weight excluding hydrogens is 288 g/mol. The van der Waals surface area contributed by atoms with Gasteiger partial charge in [-0.3, -0.25) is 9.69 Å².